The molecule has 4 nitrogen and oxygen atoms in total. The third kappa shape index (κ3) is 6.85. The quantitative estimate of drug-likeness (QED) is 0.452. The molecule has 0 fully saturated rings. The minimum atomic E-state index is 0.499. The summed E-state index contributed by atoms with van der Waals surface area (Å²) in [4.78, 5) is 0. The summed E-state index contributed by atoms with van der Waals surface area (Å²) in [5.74, 6) is 1.15. The van der Waals surface area contributed by atoms with E-state index >= 15 is 0 Å². The van der Waals surface area contributed by atoms with E-state index in [9.17, 15) is 0 Å². The van der Waals surface area contributed by atoms with Crippen molar-refractivity contribution in [3.05, 3.63) is 41.0 Å². The highest BCUT2D eigenvalue weighted by molar-refractivity contribution is 5.68. The second kappa shape index (κ2) is 11.0. The Morgan fingerprint density at radius 2 is 1.92 bits per heavy atom. The Labute approximate surface area is 147 Å². The Kier molecular flexibility index (Phi) is 9.35. The van der Waals surface area contributed by atoms with Gasteiger partial charge >= 0.3 is 0 Å². The van der Waals surface area contributed by atoms with Crippen molar-refractivity contribution in [3.8, 4) is 0 Å². The van der Waals surface area contributed by atoms with Crippen molar-refractivity contribution in [2.75, 3.05) is 13.6 Å². The smallest absolute Gasteiger partial charge is 0.0620 e. The van der Waals surface area contributed by atoms with Crippen LogP contribution < -0.4 is 16.5 Å². The van der Waals surface area contributed by atoms with Crippen molar-refractivity contribution in [2.24, 2.45) is 22.7 Å². The van der Waals surface area contributed by atoms with Gasteiger partial charge in [0.25, 0.3) is 0 Å². The molecule has 1 aromatic rings. The number of hydrogen-bond donors (Lipinski definition) is 3. The lowest BCUT2D eigenvalue weighted by atomic mass is 9.95. The van der Waals surface area contributed by atoms with Gasteiger partial charge in [-0.1, -0.05) is 43.7 Å². The maximum absolute atomic E-state index is 5.67. The third-order valence-electron chi connectivity index (χ3n) is 4.22. The minimum absolute atomic E-state index is 0.499. The van der Waals surface area contributed by atoms with E-state index < -0.39 is 0 Å². The number of nitrogens with zero attached hydrogens (tertiary/aromatic N) is 1. The fourth-order valence-corrected chi connectivity index (χ4v) is 2.76. The Balaban J connectivity index is 2.73. The highest BCUT2D eigenvalue weighted by Crippen LogP contribution is 2.17. The molecule has 0 aliphatic rings. The Bertz CT molecular complexity index is 527. The molecule has 0 saturated heterocycles. The second-order valence-corrected chi connectivity index (χ2v) is 6.73. The first-order chi connectivity index (χ1) is 11.5. The first-order valence-electron chi connectivity index (χ1n) is 8.92. The van der Waals surface area contributed by atoms with Gasteiger partial charge in [0.2, 0.25) is 0 Å². The highest BCUT2D eigenvalue weighted by Gasteiger charge is 2.09. The number of benzene rings is 1. The van der Waals surface area contributed by atoms with Crippen LogP contribution in [0, 0.1) is 11.8 Å². The fourth-order valence-electron chi connectivity index (χ4n) is 2.76. The zero-order valence-electron chi connectivity index (χ0n) is 15.9. The summed E-state index contributed by atoms with van der Waals surface area (Å²) in [5, 5.41) is 7.76. The van der Waals surface area contributed by atoms with E-state index in [0.29, 0.717) is 18.4 Å². The lowest BCUT2D eigenvalue weighted by molar-refractivity contribution is 0.443. The van der Waals surface area contributed by atoms with Crippen LogP contribution in [0.4, 0.5) is 0 Å². The summed E-state index contributed by atoms with van der Waals surface area (Å²) in [5.41, 5.74) is 13.5. The molecule has 4 heteroatoms. The van der Waals surface area contributed by atoms with Crippen molar-refractivity contribution >= 4 is 11.9 Å². The summed E-state index contributed by atoms with van der Waals surface area (Å²) in [6, 6.07) is 8.33. The molecule has 1 rings (SSSR count). The van der Waals surface area contributed by atoms with E-state index in [-0.39, 0.29) is 0 Å². The van der Waals surface area contributed by atoms with Gasteiger partial charge in [0.05, 0.1) is 5.70 Å². The van der Waals surface area contributed by atoms with E-state index in [4.69, 9.17) is 5.73 Å². The van der Waals surface area contributed by atoms with Crippen LogP contribution in [-0.2, 0) is 6.54 Å². The van der Waals surface area contributed by atoms with Gasteiger partial charge in [0.1, 0.15) is 0 Å². The van der Waals surface area contributed by atoms with Gasteiger partial charge < -0.3 is 11.1 Å². The zero-order valence-corrected chi connectivity index (χ0v) is 15.9. The van der Waals surface area contributed by atoms with Gasteiger partial charge in [-0.25, -0.2) is 0 Å². The van der Waals surface area contributed by atoms with Crippen LogP contribution in [0.1, 0.15) is 51.7 Å². The van der Waals surface area contributed by atoms with Crippen molar-refractivity contribution in [3.63, 3.8) is 0 Å². The Morgan fingerprint density at radius 3 is 2.42 bits per heavy atom. The lowest BCUT2D eigenvalue weighted by Crippen LogP contribution is -2.19. The summed E-state index contributed by atoms with van der Waals surface area (Å²) in [6.07, 6.45) is 4.32. The molecule has 1 aromatic carbocycles. The van der Waals surface area contributed by atoms with E-state index in [1.165, 1.54) is 5.57 Å². The first kappa shape index (κ1) is 20.4. The summed E-state index contributed by atoms with van der Waals surface area (Å²) < 4.78 is 0. The van der Waals surface area contributed by atoms with E-state index in [0.717, 1.165) is 36.2 Å². The van der Waals surface area contributed by atoms with Gasteiger partial charge in [0, 0.05) is 12.8 Å². The normalized spacial score (nSPS) is 13.8. The molecule has 0 aliphatic carbocycles. The Hall–Kier alpha value is -1.65. The Morgan fingerprint density at radius 1 is 1.25 bits per heavy atom. The number of hydrogen-bond acceptors (Lipinski definition) is 4. The standard InChI is InChI=1S/C20H34N4/c1-6-17(11-16(4)13-22-5)14-23-24-20(15(2)3)19-9-7-18(12-21)8-10-19/h7-10,14,16-17,22,24H,6,11-13,21H2,1-5H3/b23-14-. The van der Waals surface area contributed by atoms with Crippen LogP contribution in [0.5, 0.6) is 0 Å². The number of allylic oxidation sites excluding steroid dienone is 1. The van der Waals surface area contributed by atoms with Crippen molar-refractivity contribution < 1.29 is 0 Å². The molecule has 2 unspecified atom stereocenters. The molecule has 24 heavy (non-hydrogen) atoms. The molecule has 0 aliphatic heterocycles. The second-order valence-electron chi connectivity index (χ2n) is 6.73. The molecule has 4 N–H and O–H groups in total. The van der Waals surface area contributed by atoms with Gasteiger partial charge in [-0.3, -0.25) is 5.43 Å². The average molecular weight is 331 g/mol. The molecular formula is C20H34N4. The molecular weight excluding hydrogens is 296 g/mol. The van der Waals surface area contributed by atoms with Crippen LogP contribution in [0.3, 0.4) is 0 Å². The lowest BCUT2D eigenvalue weighted by Gasteiger charge is -2.16. The van der Waals surface area contributed by atoms with Crippen LogP contribution >= 0.6 is 0 Å². The summed E-state index contributed by atoms with van der Waals surface area (Å²) in [6.45, 7) is 10.3. The van der Waals surface area contributed by atoms with E-state index in [2.05, 4.69) is 74.0 Å². The van der Waals surface area contributed by atoms with E-state index in [1.54, 1.807) is 0 Å². The molecule has 134 valence electrons. The summed E-state index contributed by atoms with van der Waals surface area (Å²) in [7, 11) is 2.00. The van der Waals surface area contributed by atoms with Gasteiger partial charge in [0.15, 0.2) is 0 Å². The molecule has 2 atom stereocenters. The van der Waals surface area contributed by atoms with Crippen LogP contribution in [0.15, 0.2) is 34.9 Å². The number of nitrogens with one attached hydrogen (secondary N) is 2. The third-order valence-corrected chi connectivity index (χ3v) is 4.22. The molecule has 0 bridgehead atoms. The molecule has 0 aromatic heterocycles. The predicted octanol–water partition coefficient (Wildman–Crippen LogP) is 3.74. The average Bonchev–Trinajstić information content (AvgIpc) is 2.57. The minimum Gasteiger partial charge on any atom is -0.326 e. The van der Waals surface area contributed by atoms with E-state index in [1.807, 2.05) is 7.05 Å². The highest BCUT2D eigenvalue weighted by atomic mass is 15.3. The number of nitrogens with two attached hydrogens (primary N) is 1. The monoisotopic (exact) mass is 330 g/mol. The van der Waals surface area contributed by atoms with Crippen LogP contribution in [0.2, 0.25) is 0 Å². The maximum atomic E-state index is 5.67. The van der Waals surface area contributed by atoms with Crippen LogP contribution in [-0.4, -0.2) is 19.8 Å². The maximum Gasteiger partial charge on any atom is 0.0620 e. The van der Waals surface area contributed by atoms with Gasteiger partial charge in [-0.15, -0.1) is 0 Å². The predicted molar refractivity (Wildman–Crippen MR) is 106 cm³/mol. The number of hydrazone groups is 1. The van der Waals surface area contributed by atoms with Crippen LogP contribution in [0.25, 0.3) is 5.70 Å². The first-order valence-corrected chi connectivity index (χ1v) is 8.92. The van der Waals surface area contributed by atoms with Crippen molar-refractivity contribution in [2.45, 2.75) is 47.1 Å². The van der Waals surface area contributed by atoms with Gasteiger partial charge in [-0.2, -0.15) is 5.10 Å². The molecule has 0 saturated carbocycles. The van der Waals surface area contributed by atoms with Gasteiger partial charge in [-0.05, 0) is 63.2 Å². The molecule has 0 amide bonds. The van der Waals surface area contributed by atoms with Crippen molar-refractivity contribution in [1.29, 1.82) is 0 Å². The topological polar surface area (TPSA) is 62.4 Å². The molecule has 0 spiro atoms. The summed E-state index contributed by atoms with van der Waals surface area (Å²) >= 11 is 0. The largest absolute Gasteiger partial charge is 0.326 e. The fraction of sp³-hybridized carbons (Fsp3) is 0.550. The molecule has 0 heterocycles. The SMILES string of the molecule is CCC(/C=N\NC(=C(C)C)c1ccc(CN)cc1)CC(C)CNC. The number of rotatable bonds is 10. The molecule has 0 radical (unpaired) electrons. The van der Waals surface area contributed by atoms with Crippen molar-refractivity contribution in [1.82, 2.24) is 10.7 Å². The zero-order chi connectivity index (χ0) is 17.9.